The number of benzene rings is 2. The molecule has 0 N–H and O–H groups in total. The zero-order chi connectivity index (χ0) is 17.2. The molecule has 0 bridgehead atoms. The van der Waals surface area contributed by atoms with E-state index in [9.17, 15) is 4.79 Å². The van der Waals surface area contributed by atoms with Crippen LogP contribution in [0.3, 0.4) is 0 Å². The van der Waals surface area contributed by atoms with E-state index in [0.717, 1.165) is 11.3 Å². The van der Waals surface area contributed by atoms with Gasteiger partial charge in [-0.1, -0.05) is 35.5 Å². The van der Waals surface area contributed by atoms with Crippen LogP contribution in [0.2, 0.25) is 0 Å². The van der Waals surface area contributed by atoms with Gasteiger partial charge in [-0.05, 0) is 30.5 Å². The van der Waals surface area contributed by atoms with E-state index in [2.05, 4.69) is 10.1 Å². The fraction of sp³-hybridized carbons (Fsp3) is 0.211. The first-order valence-corrected chi connectivity index (χ1v) is 9.30. The minimum Gasteiger partial charge on any atom is -0.339 e. The van der Waals surface area contributed by atoms with E-state index in [0.29, 0.717) is 24.7 Å². The van der Waals surface area contributed by atoms with Crippen LogP contribution in [-0.2, 0) is 4.79 Å². The molecule has 2 heterocycles. The molecule has 2 aromatic carbocycles. The average Bonchev–Trinajstić information content (AvgIpc) is 3.29. The molecule has 1 fully saturated rings. The molecule has 0 aliphatic carbocycles. The van der Waals surface area contributed by atoms with Crippen molar-refractivity contribution in [1.29, 1.82) is 0 Å². The summed E-state index contributed by atoms with van der Waals surface area (Å²) in [6.07, 6.45) is 2.42. The van der Waals surface area contributed by atoms with Crippen LogP contribution in [0.1, 0.15) is 18.2 Å². The maximum Gasteiger partial charge on any atom is 0.232 e. The van der Waals surface area contributed by atoms with Gasteiger partial charge in [-0.2, -0.15) is 4.98 Å². The predicted octanol–water partition coefficient (Wildman–Crippen LogP) is 3.98. The summed E-state index contributed by atoms with van der Waals surface area (Å²) in [7, 11) is 0. The number of hydrogen-bond acceptors (Lipinski definition) is 5. The largest absolute Gasteiger partial charge is 0.339 e. The van der Waals surface area contributed by atoms with Crippen molar-refractivity contribution < 1.29 is 9.32 Å². The van der Waals surface area contributed by atoms with E-state index in [1.807, 2.05) is 60.9 Å². The van der Waals surface area contributed by atoms with Gasteiger partial charge in [-0.3, -0.25) is 4.79 Å². The Bertz CT molecular complexity index is 877. The van der Waals surface area contributed by atoms with Crippen LogP contribution >= 0.6 is 11.8 Å². The van der Waals surface area contributed by atoms with Crippen molar-refractivity contribution in [3.63, 3.8) is 0 Å². The number of anilines is 1. The van der Waals surface area contributed by atoms with Crippen molar-refractivity contribution in [3.8, 4) is 11.4 Å². The number of hydrogen-bond donors (Lipinski definition) is 0. The Kier molecular flexibility index (Phi) is 4.28. The number of thioether (sulfide) groups is 1. The highest BCUT2D eigenvalue weighted by Gasteiger charge is 2.35. The molecule has 3 aromatic rings. The van der Waals surface area contributed by atoms with Crippen LogP contribution in [0, 0.1) is 0 Å². The van der Waals surface area contributed by atoms with E-state index in [-0.39, 0.29) is 11.8 Å². The Balaban J connectivity index is 1.53. The van der Waals surface area contributed by atoms with Crippen LogP contribution < -0.4 is 4.90 Å². The van der Waals surface area contributed by atoms with Gasteiger partial charge in [0.05, 0.1) is 5.92 Å². The first kappa shape index (κ1) is 15.9. The molecule has 1 aromatic heterocycles. The van der Waals surface area contributed by atoms with Gasteiger partial charge in [0.1, 0.15) is 0 Å². The van der Waals surface area contributed by atoms with Crippen molar-refractivity contribution in [2.75, 3.05) is 17.7 Å². The Morgan fingerprint density at radius 1 is 1.12 bits per heavy atom. The molecule has 1 aliphatic heterocycles. The summed E-state index contributed by atoms with van der Waals surface area (Å²) in [5, 5.41) is 4.06. The second-order valence-corrected chi connectivity index (χ2v) is 6.81. The molecule has 1 aliphatic rings. The summed E-state index contributed by atoms with van der Waals surface area (Å²) in [5.41, 5.74) is 1.82. The maximum absolute atomic E-state index is 12.4. The van der Waals surface area contributed by atoms with Crippen molar-refractivity contribution in [3.05, 3.63) is 60.5 Å². The molecule has 0 radical (unpaired) electrons. The van der Waals surface area contributed by atoms with Gasteiger partial charge in [0.15, 0.2) is 0 Å². The molecule has 0 spiro atoms. The van der Waals surface area contributed by atoms with Crippen molar-refractivity contribution >= 4 is 23.4 Å². The molecule has 6 heteroatoms. The topological polar surface area (TPSA) is 59.2 Å². The third-order valence-electron chi connectivity index (χ3n) is 4.33. The van der Waals surface area contributed by atoms with Crippen LogP contribution in [-0.4, -0.2) is 28.8 Å². The monoisotopic (exact) mass is 351 g/mol. The first-order chi connectivity index (χ1) is 12.2. The smallest absolute Gasteiger partial charge is 0.232 e. The van der Waals surface area contributed by atoms with E-state index in [4.69, 9.17) is 4.52 Å². The van der Waals surface area contributed by atoms with E-state index < -0.39 is 0 Å². The van der Waals surface area contributed by atoms with Crippen LogP contribution in [0.15, 0.2) is 64.0 Å². The molecular weight excluding hydrogens is 334 g/mol. The highest BCUT2D eigenvalue weighted by Crippen LogP contribution is 2.32. The van der Waals surface area contributed by atoms with E-state index >= 15 is 0 Å². The molecule has 1 saturated heterocycles. The lowest BCUT2D eigenvalue weighted by Gasteiger charge is -2.16. The molecule has 4 rings (SSSR count). The Morgan fingerprint density at radius 2 is 1.88 bits per heavy atom. The number of carbonyl (C=O) groups is 1. The van der Waals surface area contributed by atoms with Crippen molar-refractivity contribution in [1.82, 2.24) is 10.1 Å². The molecule has 1 unspecified atom stereocenters. The fourth-order valence-electron chi connectivity index (χ4n) is 2.99. The standard InChI is InChI=1S/C19H17N3O2S/c1-25-16-9-7-15(8-10-16)22-12-14(11-17(22)23)19-20-18(21-24-19)13-5-3-2-4-6-13/h2-10,14H,11-12H2,1H3. The van der Waals surface area contributed by atoms with Gasteiger partial charge in [0.25, 0.3) is 0 Å². The van der Waals surface area contributed by atoms with Gasteiger partial charge >= 0.3 is 0 Å². The third-order valence-corrected chi connectivity index (χ3v) is 5.08. The minimum absolute atomic E-state index is 0.0716. The number of carbonyl (C=O) groups excluding carboxylic acids is 1. The second-order valence-electron chi connectivity index (χ2n) is 5.93. The molecule has 5 nitrogen and oxygen atoms in total. The van der Waals surface area contributed by atoms with Crippen LogP contribution in [0.5, 0.6) is 0 Å². The number of nitrogens with zero attached hydrogens (tertiary/aromatic N) is 3. The molecule has 0 saturated carbocycles. The molecule has 126 valence electrons. The van der Waals surface area contributed by atoms with Gasteiger partial charge in [0.2, 0.25) is 17.6 Å². The zero-order valence-electron chi connectivity index (χ0n) is 13.8. The summed E-state index contributed by atoms with van der Waals surface area (Å²) < 4.78 is 5.43. The molecule has 1 atom stereocenters. The normalized spacial score (nSPS) is 17.2. The summed E-state index contributed by atoms with van der Waals surface area (Å²) in [6.45, 7) is 0.563. The summed E-state index contributed by atoms with van der Waals surface area (Å²) in [4.78, 5) is 19.9. The van der Waals surface area contributed by atoms with Crippen molar-refractivity contribution in [2.45, 2.75) is 17.2 Å². The lowest BCUT2D eigenvalue weighted by atomic mass is 10.1. The third kappa shape index (κ3) is 3.17. The predicted molar refractivity (Wildman–Crippen MR) is 97.7 cm³/mol. The Morgan fingerprint density at radius 3 is 2.60 bits per heavy atom. The summed E-state index contributed by atoms with van der Waals surface area (Å²) in [5.74, 6) is 1.10. The summed E-state index contributed by atoms with van der Waals surface area (Å²) in [6, 6.07) is 17.7. The molecule has 1 amide bonds. The number of aromatic nitrogens is 2. The van der Waals surface area contributed by atoms with Gasteiger partial charge in [0, 0.05) is 29.1 Å². The van der Waals surface area contributed by atoms with Gasteiger partial charge in [-0.15, -0.1) is 11.8 Å². The van der Waals surface area contributed by atoms with Gasteiger partial charge < -0.3 is 9.42 Å². The SMILES string of the molecule is CSc1ccc(N2CC(c3nc(-c4ccccc4)no3)CC2=O)cc1. The Labute approximate surface area is 150 Å². The summed E-state index contributed by atoms with van der Waals surface area (Å²) >= 11 is 1.68. The quantitative estimate of drug-likeness (QED) is 0.666. The molecular formula is C19H17N3O2S. The maximum atomic E-state index is 12.4. The van der Waals surface area contributed by atoms with E-state index in [1.165, 1.54) is 4.90 Å². The fourth-order valence-corrected chi connectivity index (χ4v) is 3.40. The van der Waals surface area contributed by atoms with E-state index in [1.54, 1.807) is 16.7 Å². The Hall–Kier alpha value is -2.60. The number of amides is 1. The first-order valence-electron chi connectivity index (χ1n) is 8.08. The highest BCUT2D eigenvalue weighted by molar-refractivity contribution is 7.98. The lowest BCUT2D eigenvalue weighted by molar-refractivity contribution is -0.117. The number of rotatable bonds is 4. The van der Waals surface area contributed by atoms with Crippen molar-refractivity contribution in [2.24, 2.45) is 0 Å². The lowest BCUT2D eigenvalue weighted by Crippen LogP contribution is -2.24. The zero-order valence-corrected chi connectivity index (χ0v) is 14.6. The highest BCUT2D eigenvalue weighted by atomic mass is 32.2. The molecule has 25 heavy (non-hydrogen) atoms. The van der Waals surface area contributed by atoms with Gasteiger partial charge in [-0.25, -0.2) is 0 Å². The second kappa shape index (κ2) is 6.72. The van der Waals surface area contributed by atoms with Crippen LogP contribution in [0.25, 0.3) is 11.4 Å². The average molecular weight is 351 g/mol. The minimum atomic E-state index is -0.0716. The van der Waals surface area contributed by atoms with Crippen LogP contribution in [0.4, 0.5) is 5.69 Å².